The summed E-state index contributed by atoms with van der Waals surface area (Å²) in [5.41, 5.74) is 2.39. The van der Waals surface area contributed by atoms with E-state index in [1.807, 2.05) is 31.2 Å². The molecule has 0 aliphatic heterocycles. The van der Waals surface area contributed by atoms with Gasteiger partial charge in [-0.25, -0.2) is 0 Å². The lowest BCUT2D eigenvalue weighted by Gasteiger charge is -2.12. The van der Waals surface area contributed by atoms with Crippen LogP contribution in [0.5, 0.6) is 5.75 Å². The SMILES string of the molecule is Cc1ccccc1NC(=O)COc1c(Br)cccc1CO. The Morgan fingerprint density at radius 2 is 2.00 bits per heavy atom. The molecule has 0 radical (unpaired) electrons. The van der Waals surface area contributed by atoms with Crippen molar-refractivity contribution in [3.05, 3.63) is 58.1 Å². The van der Waals surface area contributed by atoms with Crippen molar-refractivity contribution in [1.82, 2.24) is 0 Å². The number of ether oxygens (including phenoxy) is 1. The van der Waals surface area contributed by atoms with Gasteiger partial charge in [0, 0.05) is 11.3 Å². The van der Waals surface area contributed by atoms with E-state index in [9.17, 15) is 9.90 Å². The van der Waals surface area contributed by atoms with Crippen LogP contribution in [0.1, 0.15) is 11.1 Å². The lowest BCUT2D eigenvalue weighted by molar-refractivity contribution is -0.118. The fraction of sp³-hybridized carbons (Fsp3) is 0.188. The molecule has 0 spiro atoms. The maximum absolute atomic E-state index is 11.9. The maximum atomic E-state index is 11.9. The normalized spacial score (nSPS) is 10.2. The highest BCUT2D eigenvalue weighted by Gasteiger charge is 2.10. The molecule has 2 rings (SSSR count). The largest absolute Gasteiger partial charge is 0.482 e. The van der Waals surface area contributed by atoms with Crippen molar-refractivity contribution in [2.75, 3.05) is 11.9 Å². The number of anilines is 1. The van der Waals surface area contributed by atoms with Crippen LogP contribution in [0, 0.1) is 6.92 Å². The molecular formula is C16H16BrNO3. The molecule has 0 aliphatic carbocycles. The Bertz CT molecular complexity index is 643. The van der Waals surface area contributed by atoms with Crippen LogP contribution in [0.3, 0.4) is 0 Å². The van der Waals surface area contributed by atoms with E-state index >= 15 is 0 Å². The molecule has 0 saturated carbocycles. The average Bonchev–Trinajstić information content (AvgIpc) is 2.48. The molecule has 1 amide bonds. The molecule has 0 heterocycles. The summed E-state index contributed by atoms with van der Waals surface area (Å²) in [4.78, 5) is 11.9. The smallest absolute Gasteiger partial charge is 0.262 e. The van der Waals surface area contributed by atoms with Crippen molar-refractivity contribution in [2.24, 2.45) is 0 Å². The Labute approximate surface area is 131 Å². The quantitative estimate of drug-likeness (QED) is 0.870. The third-order valence-corrected chi connectivity index (χ3v) is 3.61. The van der Waals surface area contributed by atoms with E-state index in [0.717, 1.165) is 11.3 Å². The van der Waals surface area contributed by atoms with Crippen LogP contribution in [0.4, 0.5) is 5.69 Å². The van der Waals surface area contributed by atoms with Crippen molar-refractivity contribution in [3.63, 3.8) is 0 Å². The molecular weight excluding hydrogens is 334 g/mol. The van der Waals surface area contributed by atoms with Crippen LogP contribution in [0.2, 0.25) is 0 Å². The van der Waals surface area contributed by atoms with E-state index < -0.39 is 0 Å². The summed E-state index contributed by atoms with van der Waals surface area (Å²) in [5, 5.41) is 12.1. The predicted octanol–water partition coefficient (Wildman–Crippen LogP) is 3.27. The zero-order chi connectivity index (χ0) is 15.2. The van der Waals surface area contributed by atoms with E-state index in [1.165, 1.54) is 0 Å². The van der Waals surface area contributed by atoms with Gasteiger partial charge in [0.15, 0.2) is 6.61 Å². The number of hydrogen-bond donors (Lipinski definition) is 2. The van der Waals surface area contributed by atoms with Crippen LogP contribution >= 0.6 is 15.9 Å². The van der Waals surface area contributed by atoms with Gasteiger partial charge in [-0.2, -0.15) is 0 Å². The van der Waals surface area contributed by atoms with Gasteiger partial charge in [0.25, 0.3) is 5.91 Å². The molecule has 110 valence electrons. The summed E-state index contributed by atoms with van der Waals surface area (Å²) in [6.45, 7) is 1.66. The lowest BCUT2D eigenvalue weighted by atomic mass is 10.2. The Balaban J connectivity index is 2.01. The molecule has 0 aliphatic rings. The number of para-hydroxylation sites is 2. The van der Waals surface area contributed by atoms with Gasteiger partial charge < -0.3 is 15.2 Å². The summed E-state index contributed by atoms with van der Waals surface area (Å²) in [5.74, 6) is 0.240. The first kappa shape index (κ1) is 15.5. The number of aliphatic hydroxyl groups is 1. The monoisotopic (exact) mass is 349 g/mol. The average molecular weight is 350 g/mol. The van der Waals surface area contributed by atoms with Crippen LogP contribution in [-0.4, -0.2) is 17.6 Å². The summed E-state index contributed by atoms with van der Waals surface area (Å²) >= 11 is 3.35. The summed E-state index contributed by atoms with van der Waals surface area (Å²) in [7, 11) is 0. The van der Waals surface area contributed by atoms with Gasteiger partial charge in [-0.3, -0.25) is 4.79 Å². The second-order valence-electron chi connectivity index (χ2n) is 4.54. The number of nitrogens with one attached hydrogen (secondary N) is 1. The van der Waals surface area contributed by atoms with Crippen LogP contribution < -0.4 is 10.1 Å². The van der Waals surface area contributed by atoms with E-state index in [2.05, 4.69) is 21.2 Å². The zero-order valence-electron chi connectivity index (χ0n) is 11.6. The second-order valence-corrected chi connectivity index (χ2v) is 5.39. The third kappa shape index (κ3) is 4.06. The summed E-state index contributed by atoms with van der Waals surface area (Å²) < 4.78 is 6.22. The molecule has 21 heavy (non-hydrogen) atoms. The van der Waals surface area contributed by atoms with E-state index in [-0.39, 0.29) is 19.1 Å². The van der Waals surface area contributed by atoms with Crippen LogP contribution in [-0.2, 0) is 11.4 Å². The summed E-state index contributed by atoms with van der Waals surface area (Å²) in [6.07, 6.45) is 0. The minimum absolute atomic E-state index is 0.121. The second kappa shape index (κ2) is 7.24. The molecule has 4 nitrogen and oxygen atoms in total. The fourth-order valence-corrected chi connectivity index (χ4v) is 2.40. The third-order valence-electron chi connectivity index (χ3n) is 2.99. The number of aliphatic hydroxyl groups excluding tert-OH is 1. The number of hydrogen-bond acceptors (Lipinski definition) is 3. The number of amides is 1. The molecule has 5 heteroatoms. The number of carbonyl (C=O) groups excluding carboxylic acids is 1. The van der Waals surface area contributed by atoms with Crippen molar-refractivity contribution in [1.29, 1.82) is 0 Å². The van der Waals surface area contributed by atoms with Gasteiger partial charge in [-0.1, -0.05) is 30.3 Å². The highest BCUT2D eigenvalue weighted by Crippen LogP contribution is 2.29. The summed E-state index contributed by atoms with van der Waals surface area (Å²) in [6, 6.07) is 12.9. The van der Waals surface area contributed by atoms with Gasteiger partial charge >= 0.3 is 0 Å². The Kier molecular flexibility index (Phi) is 5.36. The number of aryl methyl sites for hydroxylation is 1. The molecule has 2 N–H and O–H groups in total. The number of rotatable bonds is 5. The lowest BCUT2D eigenvalue weighted by Crippen LogP contribution is -2.21. The Hall–Kier alpha value is -1.85. The molecule has 0 saturated heterocycles. The molecule has 0 aromatic heterocycles. The minimum atomic E-state index is -0.246. The van der Waals surface area contributed by atoms with E-state index in [0.29, 0.717) is 15.8 Å². The Morgan fingerprint density at radius 1 is 1.24 bits per heavy atom. The van der Waals surface area contributed by atoms with Gasteiger partial charge in [0.2, 0.25) is 0 Å². The van der Waals surface area contributed by atoms with Gasteiger partial charge in [0.05, 0.1) is 11.1 Å². The number of carbonyl (C=O) groups is 1. The number of benzene rings is 2. The first-order valence-electron chi connectivity index (χ1n) is 6.48. The van der Waals surface area contributed by atoms with Gasteiger partial charge in [-0.05, 0) is 40.5 Å². The van der Waals surface area contributed by atoms with Gasteiger partial charge in [-0.15, -0.1) is 0 Å². The fourth-order valence-electron chi connectivity index (χ4n) is 1.88. The molecule has 0 fully saturated rings. The van der Waals surface area contributed by atoms with Crippen molar-refractivity contribution in [2.45, 2.75) is 13.5 Å². The van der Waals surface area contributed by atoms with Crippen molar-refractivity contribution in [3.8, 4) is 5.75 Å². The minimum Gasteiger partial charge on any atom is -0.482 e. The van der Waals surface area contributed by atoms with Crippen LogP contribution in [0.25, 0.3) is 0 Å². The van der Waals surface area contributed by atoms with Crippen molar-refractivity contribution >= 4 is 27.5 Å². The maximum Gasteiger partial charge on any atom is 0.262 e. The molecule has 0 bridgehead atoms. The van der Waals surface area contributed by atoms with E-state index in [4.69, 9.17) is 4.74 Å². The molecule has 0 unspecified atom stereocenters. The number of halogens is 1. The first-order valence-corrected chi connectivity index (χ1v) is 7.27. The predicted molar refractivity (Wildman–Crippen MR) is 85.4 cm³/mol. The topological polar surface area (TPSA) is 58.6 Å². The highest BCUT2D eigenvalue weighted by molar-refractivity contribution is 9.10. The van der Waals surface area contributed by atoms with Gasteiger partial charge in [0.1, 0.15) is 5.75 Å². The Morgan fingerprint density at radius 3 is 2.71 bits per heavy atom. The highest BCUT2D eigenvalue weighted by atomic mass is 79.9. The standard InChI is InChI=1S/C16H16BrNO3/c1-11-5-2-3-8-14(11)18-15(20)10-21-16-12(9-19)6-4-7-13(16)17/h2-8,19H,9-10H2,1H3,(H,18,20). The van der Waals surface area contributed by atoms with Crippen molar-refractivity contribution < 1.29 is 14.6 Å². The van der Waals surface area contributed by atoms with E-state index in [1.54, 1.807) is 18.2 Å². The first-order chi connectivity index (χ1) is 10.1. The van der Waals surface area contributed by atoms with Crippen LogP contribution in [0.15, 0.2) is 46.9 Å². The molecule has 0 atom stereocenters. The zero-order valence-corrected chi connectivity index (χ0v) is 13.2. The molecule has 2 aromatic rings. The molecule has 2 aromatic carbocycles.